The first-order valence-electron chi connectivity index (χ1n) is 6.10. The van der Waals surface area contributed by atoms with E-state index in [9.17, 15) is 18.0 Å². The van der Waals surface area contributed by atoms with Crippen LogP contribution in [0.1, 0.15) is 28.9 Å². The number of rotatable bonds is 3. The molecule has 110 valence electrons. The molecule has 1 unspecified atom stereocenters. The Morgan fingerprint density at radius 2 is 1.57 bits per heavy atom. The molecule has 0 fully saturated rings. The zero-order chi connectivity index (χ0) is 15.6. The van der Waals surface area contributed by atoms with Gasteiger partial charge in [0, 0.05) is 5.56 Å². The zero-order valence-corrected chi connectivity index (χ0v) is 12.5. The summed E-state index contributed by atoms with van der Waals surface area (Å²) in [5.41, 5.74) is -0.183. The highest BCUT2D eigenvalue weighted by atomic mass is 79.9. The van der Waals surface area contributed by atoms with Crippen molar-refractivity contribution in [1.29, 1.82) is 0 Å². The molecule has 0 saturated heterocycles. The number of benzene rings is 2. The van der Waals surface area contributed by atoms with Gasteiger partial charge in [0.25, 0.3) is 5.91 Å². The lowest BCUT2D eigenvalue weighted by Crippen LogP contribution is -2.28. The van der Waals surface area contributed by atoms with Gasteiger partial charge in [-0.2, -0.15) is 0 Å². The van der Waals surface area contributed by atoms with Gasteiger partial charge in [-0.25, -0.2) is 13.2 Å². The minimum atomic E-state index is -0.895. The van der Waals surface area contributed by atoms with Crippen LogP contribution in [0.25, 0.3) is 0 Å². The van der Waals surface area contributed by atoms with Gasteiger partial charge in [-0.1, -0.05) is 12.1 Å². The van der Waals surface area contributed by atoms with Crippen LogP contribution in [0, 0.1) is 17.5 Å². The smallest absolute Gasteiger partial charge is 0.253 e. The summed E-state index contributed by atoms with van der Waals surface area (Å²) in [6, 6.07) is 6.55. The Labute approximate surface area is 128 Å². The first kappa shape index (κ1) is 15.6. The van der Waals surface area contributed by atoms with E-state index < -0.39 is 29.4 Å². The minimum absolute atomic E-state index is 0.00343. The van der Waals surface area contributed by atoms with Gasteiger partial charge in [0.15, 0.2) is 0 Å². The van der Waals surface area contributed by atoms with Crippen LogP contribution >= 0.6 is 15.9 Å². The first-order valence-corrected chi connectivity index (χ1v) is 6.90. The molecule has 0 aliphatic rings. The van der Waals surface area contributed by atoms with Crippen LogP contribution in [0.3, 0.4) is 0 Å². The van der Waals surface area contributed by atoms with Crippen molar-refractivity contribution < 1.29 is 18.0 Å². The first-order chi connectivity index (χ1) is 9.91. The van der Waals surface area contributed by atoms with Crippen molar-refractivity contribution in [3.8, 4) is 0 Å². The van der Waals surface area contributed by atoms with Crippen molar-refractivity contribution in [3.05, 3.63) is 69.4 Å². The molecule has 0 aliphatic carbocycles. The van der Waals surface area contributed by atoms with Crippen LogP contribution in [-0.4, -0.2) is 5.91 Å². The number of carbonyl (C=O) groups excluding carboxylic acids is 1. The van der Waals surface area contributed by atoms with Crippen molar-refractivity contribution in [1.82, 2.24) is 5.32 Å². The SMILES string of the molecule is CC(NC(=O)c1cccc(F)c1Br)c1c(F)cccc1F. The second-order valence-corrected chi connectivity index (χ2v) is 5.22. The molecule has 1 atom stereocenters. The molecule has 6 heteroatoms. The molecular formula is C15H11BrF3NO. The fraction of sp³-hybridized carbons (Fsp3) is 0.133. The Bertz CT molecular complexity index is 670. The molecule has 0 bridgehead atoms. The van der Waals surface area contributed by atoms with E-state index in [-0.39, 0.29) is 15.6 Å². The molecule has 0 saturated carbocycles. The topological polar surface area (TPSA) is 29.1 Å². The summed E-state index contributed by atoms with van der Waals surface area (Å²) in [6.45, 7) is 1.45. The zero-order valence-electron chi connectivity index (χ0n) is 11.0. The predicted molar refractivity (Wildman–Crippen MR) is 76.3 cm³/mol. The Kier molecular flexibility index (Phi) is 4.67. The normalized spacial score (nSPS) is 12.0. The molecule has 1 N–H and O–H groups in total. The molecule has 0 aromatic heterocycles. The highest BCUT2D eigenvalue weighted by Crippen LogP contribution is 2.23. The summed E-state index contributed by atoms with van der Waals surface area (Å²) in [7, 11) is 0. The highest BCUT2D eigenvalue weighted by molar-refractivity contribution is 9.10. The van der Waals surface area contributed by atoms with Crippen molar-refractivity contribution >= 4 is 21.8 Å². The molecule has 21 heavy (non-hydrogen) atoms. The van der Waals surface area contributed by atoms with E-state index in [4.69, 9.17) is 0 Å². The van der Waals surface area contributed by atoms with Gasteiger partial charge >= 0.3 is 0 Å². The second-order valence-electron chi connectivity index (χ2n) is 4.43. The largest absolute Gasteiger partial charge is 0.345 e. The molecule has 0 aliphatic heterocycles. The van der Waals surface area contributed by atoms with Gasteiger partial charge in [-0.3, -0.25) is 4.79 Å². The molecule has 0 heterocycles. The molecule has 2 rings (SSSR count). The summed E-state index contributed by atoms with van der Waals surface area (Å²) in [5, 5.41) is 2.45. The molecule has 0 spiro atoms. The Morgan fingerprint density at radius 3 is 2.19 bits per heavy atom. The monoisotopic (exact) mass is 357 g/mol. The maximum Gasteiger partial charge on any atom is 0.253 e. The van der Waals surface area contributed by atoms with Crippen LogP contribution in [0.4, 0.5) is 13.2 Å². The fourth-order valence-corrected chi connectivity index (χ4v) is 2.39. The standard InChI is InChI=1S/C15H11BrF3NO/c1-8(13-10(17)5-3-6-11(13)18)20-15(21)9-4-2-7-12(19)14(9)16/h2-8H,1H3,(H,20,21). The van der Waals surface area contributed by atoms with Crippen molar-refractivity contribution in [3.63, 3.8) is 0 Å². The molecule has 2 aromatic rings. The van der Waals surface area contributed by atoms with E-state index in [2.05, 4.69) is 21.2 Å². The van der Waals surface area contributed by atoms with E-state index in [1.54, 1.807) is 0 Å². The third-order valence-electron chi connectivity index (χ3n) is 2.98. The van der Waals surface area contributed by atoms with Crippen molar-refractivity contribution in [2.45, 2.75) is 13.0 Å². The number of amides is 1. The van der Waals surface area contributed by atoms with Gasteiger partial charge in [-0.15, -0.1) is 0 Å². The van der Waals surface area contributed by atoms with E-state index in [1.807, 2.05) is 0 Å². The Balaban J connectivity index is 2.25. The lowest BCUT2D eigenvalue weighted by Gasteiger charge is -2.16. The van der Waals surface area contributed by atoms with E-state index in [0.717, 1.165) is 12.1 Å². The lowest BCUT2D eigenvalue weighted by molar-refractivity contribution is 0.0937. The Hall–Kier alpha value is -1.82. The van der Waals surface area contributed by atoms with Crippen LogP contribution in [0.5, 0.6) is 0 Å². The van der Waals surface area contributed by atoms with Crippen LogP contribution in [-0.2, 0) is 0 Å². The van der Waals surface area contributed by atoms with Gasteiger partial charge in [0.1, 0.15) is 17.5 Å². The third kappa shape index (κ3) is 3.26. The van der Waals surface area contributed by atoms with Gasteiger partial charge in [0.05, 0.1) is 16.1 Å². The molecule has 2 aromatic carbocycles. The second kappa shape index (κ2) is 6.30. The molecule has 2 nitrogen and oxygen atoms in total. The van der Waals surface area contributed by atoms with Gasteiger partial charge < -0.3 is 5.32 Å². The number of nitrogens with one attached hydrogen (secondary N) is 1. The summed E-state index contributed by atoms with van der Waals surface area (Å²) in [6.07, 6.45) is 0. The number of halogens is 4. The summed E-state index contributed by atoms with van der Waals surface area (Å²) in [4.78, 5) is 12.1. The van der Waals surface area contributed by atoms with Gasteiger partial charge in [-0.05, 0) is 47.1 Å². The average molecular weight is 358 g/mol. The summed E-state index contributed by atoms with van der Waals surface area (Å²) >= 11 is 2.97. The number of hydrogen-bond donors (Lipinski definition) is 1. The lowest BCUT2D eigenvalue weighted by atomic mass is 10.1. The van der Waals surface area contributed by atoms with Crippen molar-refractivity contribution in [2.24, 2.45) is 0 Å². The minimum Gasteiger partial charge on any atom is -0.345 e. The molecule has 1 amide bonds. The van der Waals surface area contributed by atoms with E-state index in [1.165, 1.54) is 31.2 Å². The summed E-state index contributed by atoms with van der Waals surface area (Å²) < 4.78 is 40.7. The van der Waals surface area contributed by atoms with Crippen molar-refractivity contribution in [2.75, 3.05) is 0 Å². The third-order valence-corrected chi connectivity index (χ3v) is 3.78. The average Bonchev–Trinajstić information content (AvgIpc) is 2.41. The van der Waals surface area contributed by atoms with Gasteiger partial charge in [0.2, 0.25) is 0 Å². The fourth-order valence-electron chi connectivity index (χ4n) is 1.95. The molecule has 0 radical (unpaired) electrons. The number of hydrogen-bond acceptors (Lipinski definition) is 1. The molecular weight excluding hydrogens is 347 g/mol. The predicted octanol–water partition coefficient (Wildman–Crippen LogP) is 4.36. The maximum absolute atomic E-state index is 13.6. The van der Waals surface area contributed by atoms with Crippen LogP contribution < -0.4 is 5.32 Å². The number of carbonyl (C=O) groups is 1. The van der Waals surface area contributed by atoms with Crippen LogP contribution in [0.15, 0.2) is 40.9 Å². The van der Waals surface area contributed by atoms with Crippen LogP contribution in [0.2, 0.25) is 0 Å². The summed E-state index contributed by atoms with van der Waals surface area (Å²) in [5.74, 6) is -2.72. The van der Waals surface area contributed by atoms with E-state index >= 15 is 0 Å². The Morgan fingerprint density at radius 1 is 1.05 bits per heavy atom. The quantitative estimate of drug-likeness (QED) is 0.868. The maximum atomic E-state index is 13.6. The van der Waals surface area contributed by atoms with E-state index in [0.29, 0.717) is 0 Å². The highest BCUT2D eigenvalue weighted by Gasteiger charge is 2.20.